The molecule has 0 saturated heterocycles. The van der Waals surface area contributed by atoms with Crippen LogP contribution in [0, 0.1) is 0 Å². The predicted octanol–water partition coefficient (Wildman–Crippen LogP) is 3.63. The quantitative estimate of drug-likeness (QED) is 0.539. The monoisotopic (exact) mass is 425 g/mol. The van der Waals surface area contributed by atoms with Crippen LogP contribution in [0.4, 0.5) is 4.79 Å². The van der Waals surface area contributed by atoms with E-state index in [0.717, 1.165) is 54.5 Å². The summed E-state index contributed by atoms with van der Waals surface area (Å²) in [5, 5.41) is 20.6. The molecule has 0 fully saturated rings. The predicted molar refractivity (Wildman–Crippen MR) is 118 cm³/mol. The molecule has 0 bridgehead atoms. The topological polar surface area (TPSA) is 108 Å². The van der Waals surface area contributed by atoms with Gasteiger partial charge in [0.05, 0.1) is 5.69 Å². The Hall–Kier alpha value is -3.26. The number of H-pyrrole nitrogens is 1. The normalized spacial score (nSPS) is 13.2. The second kappa shape index (κ2) is 8.11. The van der Waals surface area contributed by atoms with E-state index in [4.69, 9.17) is 5.11 Å². The van der Waals surface area contributed by atoms with Gasteiger partial charge in [-0.05, 0) is 56.1 Å². The molecule has 4 rings (SSSR count). The smallest absolute Gasteiger partial charge is 0.504 e. The molecule has 3 N–H and O–H groups in total. The molecule has 0 aliphatic heterocycles. The molecule has 0 saturated carbocycles. The third kappa shape index (κ3) is 3.67. The molecule has 0 unspecified atom stereocenters. The lowest BCUT2D eigenvalue weighted by Gasteiger charge is -2.18. The Morgan fingerprint density at radius 2 is 1.97 bits per heavy atom. The molecule has 0 amide bonds. The Balaban J connectivity index is 1.88. The number of fused-ring (bicyclic) bond motifs is 4. The fourth-order valence-electron chi connectivity index (χ4n) is 4.47. The maximum absolute atomic E-state index is 12.5. The minimum absolute atomic E-state index is 0.399. The van der Waals surface area contributed by atoms with Gasteiger partial charge < -0.3 is 24.5 Å². The maximum Gasteiger partial charge on any atom is 0.511 e. The molecule has 1 aliphatic rings. The fourth-order valence-corrected chi connectivity index (χ4v) is 4.47. The van der Waals surface area contributed by atoms with Gasteiger partial charge in [-0.1, -0.05) is 13.8 Å². The van der Waals surface area contributed by atoms with E-state index in [0.29, 0.717) is 17.7 Å². The highest BCUT2D eigenvalue weighted by Gasteiger charge is 2.25. The van der Waals surface area contributed by atoms with E-state index in [2.05, 4.69) is 52.2 Å². The summed E-state index contributed by atoms with van der Waals surface area (Å²) >= 11 is 0. The standard InChI is InChI=1S/C23H27N3O5/c1-4-26(5-2)12-15-9-14-10-17-13(11-18(14)25(15)3)7-6-8-16-19(17)24-22(28)21(20(16)27)31-23(29)30/h9-11H,4-8,12H2,1-3H3,(H,29,30)(H2,24,27,28). The number of nitrogens with one attached hydrogen (secondary N) is 1. The van der Waals surface area contributed by atoms with E-state index in [9.17, 15) is 14.7 Å². The lowest BCUT2D eigenvalue weighted by atomic mass is 9.99. The van der Waals surface area contributed by atoms with Gasteiger partial charge in [-0.25, -0.2) is 4.79 Å². The molecule has 2 heterocycles. The summed E-state index contributed by atoms with van der Waals surface area (Å²) in [6.07, 6.45) is 0.412. The van der Waals surface area contributed by atoms with Crippen molar-refractivity contribution in [1.82, 2.24) is 14.5 Å². The van der Waals surface area contributed by atoms with Crippen molar-refractivity contribution in [3.05, 3.63) is 45.4 Å². The number of aromatic amines is 1. The number of aromatic nitrogens is 2. The summed E-state index contributed by atoms with van der Waals surface area (Å²) < 4.78 is 6.75. The van der Waals surface area contributed by atoms with E-state index in [1.807, 2.05) is 6.07 Å². The second-order valence-corrected chi connectivity index (χ2v) is 7.93. The maximum atomic E-state index is 12.5. The highest BCUT2D eigenvalue weighted by atomic mass is 16.7. The first kappa shape index (κ1) is 21.0. The number of nitrogens with zero attached hydrogens (tertiary/aromatic N) is 2. The van der Waals surface area contributed by atoms with Crippen molar-refractivity contribution >= 4 is 17.1 Å². The van der Waals surface area contributed by atoms with Gasteiger partial charge in [0.25, 0.3) is 5.56 Å². The summed E-state index contributed by atoms with van der Waals surface area (Å²) in [6.45, 7) is 7.10. The van der Waals surface area contributed by atoms with Gasteiger partial charge in [-0.2, -0.15) is 0 Å². The molecule has 8 heteroatoms. The van der Waals surface area contributed by atoms with Gasteiger partial charge in [-0.3, -0.25) is 9.69 Å². The van der Waals surface area contributed by atoms with Crippen molar-refractivity contribution in [3.8, 4) is 22.8 Å². The fraction of sp³-hybridized carbons (Fsp3) is 0.391. The zero-order valence-electron chi connectivity index (χ0n) is 18.0. The Morgan fingerprint density at radius 1 is 1.23 bits per heavy atom. The number of hydrogen-bond acceptors (Lipinski definition) is 5. The van der Waals surface area contributed by atoms with Crippen LogP contribution in [0.3, 0.4) is 0 Å². The first-order valence-corrected chi connectivity index (χ1v) is 10.6. The van der Waals surface area contributed by atoms with Crippen molar-refractivity contribution in [3.63, 3.8) is 0 Å². The Labute approximate surface area is 179 Å². The van der Waals surface area contributed by atoms with Crippen LogP contribution < -0.4 is 10.3 Å². The summed E-state index contributed by atoms with van der Waals surface area (Å²) in [5.41, 5.74) is 4.55. The molecular weight excluding hydrogens is 398 g/mol. The summed E-state index contributed by atoms with van der Waals surface area (Å²) in [7, 11) is 2.07. The molecule has 0 spiro atoms. The van der Waals surface area contributed by atoms with Crippen LogP contribution in [0.15, 0.2) is 23.0 Å². The van der Waals surface area contributed by atoms with Crippen LogP contribution in [0.1, 0.15) is 37.1 Å². The first-order chi connectivity index (χ1) is 14.8. The third-order valence-electron chi connectivity index (χ3n) is 6.23. The minimum Gasteiger partial charge on any atom is -0.504 e. The Morgan fingerprint density at radius 3 is 2.65 bits per heavy atom. The van der Waals surface area contributed by atoms with Crippen LogP contribution in [0.5, 0.6) is 11.5 Å². The number of rotatable bonds is 5. The average molecular weight is 425 g/mol. The zero-order valence-corrected chi connectivity index (χ0v) is 18.0. The SMILES string of the molecule is CCN(CC)Cc1cc2cc3c(cc2n1C)CCCc1c-3[nH]c(=O)c(OC(=O)O)c1O. The van der Waals surface area contributed by atoms with E-state index in [1.54, 1.807) is 0 Å². The van der Waals surface area contributed by atoms with Crippen molar-refractivity contribution < 1.29 is 19.7 Å². The van der Waals surface area contributed by atoms with E-state index >= 15 is 0 Å². The average Bonchev–Trinajstić information content (AvgIpc) is 2.92. The summed E-state index contributed by atoms with van der Waals surface area (Å²) in [4.78, 5) is 28.5. The Kier molecular flexibility index (Phi) is 5.49. The van der Waals surface area contributed by atoms with Crippen molar-refractivity contribution in [2.75, 3.05) is 13.1 Å². The van der Waals surface area contributed by atoms with Gasteiger partial charge in [0.1, 0.15) is 0 Å². The number of aryl methyl sites for hydroxylation is 2. The lowest BCUT2D eigenvalue weighted by molar-refractivity contribution is 0.142. The van der Waals surface area contributed by atoms with Crippen molar-refractivity contribution in [2.24, 2.45) is 7.05 Å². The molecule has 0 radical (unpaired) electrons. The van der Waals surface area contributed by atoms with Gasteiger partial charge in [0.2, 0.25) is 5.75 Å². The van der Waals surface area contributed by atoms with Crippen LogP contribution in [0.25, 0.3) is 22.2 Å². The highest BCUT2D eigenvalue weighted by Crippen LogP contribution is 2.40. The van der Waals surface area contributed by atoms with Crippen LogP contribution >= 0.6 is 0 Å². The third-order valence-corrected chi connectivity index (χ3v) is 6.23. The molecule has 3 aromatic rings. The number of carboxylic acid groups (broad SMARTS) is 1. The molecule has 1 aliphatic carbocycles. The van der Waals surface area contributed by atoms with E-state index < -0.39 is 23.2 Å². The van der Waals surface area contributed by atoms with Gasteiger partial charge in [0.15, 0.2) is 5.75 Å². The molecule has 1 aromatic carbocycles. The molecule has 31 heavy (non-hydrogen) atoms. The number of hydrogen-bond donors (Lipinski definition) is 3. The van der Waals surface area contributed by atoms with Crippen LogP contribution in [0.2, 0.25) is 0 Å². The number of benzene rings is 1. The second-order valence-electron chi connectivity index (χ2n) is 7.93. The number of carbonyl (C=O) groups is 1. The van der Waals surface area contributed by atoms with E-state index in [1.165, 1.54) is 5.69 Å². The first-order valence-electron chi connectivity index (χ1n) is 10.6. The summed E-state index contributed by atoms with van der Waals surface area (Å²) in [6, 6.07) is 6.37. The summed E-state index contributed by atoms with van der Waals surface area (Å²) in [5.74, 6) is -0.971. The van der Waals surface area contributed by atoms with Gasteiger partial charge in [-0.15, -0.1) is 0 Å². The molecular formula is C23H27N3O5. The lowest BCUT2D eigenvalue weighted by Crippen LogP contribution is -2.23. The minimum atomic E-state index is -1.64. The molecule has 164 valence electrons. The number of ether oxygens (including phenoxy) is 1. The highest BCUT2D eigenvalue weighted by molar-refractivity contribution is 5.89. The van der Waals surface area contributed by atoms with Crippen LogP contribution in [-0.2, 0) is 26.4 Å². The molecule has 2 aromatic heterocycles. The molecule has 0 atom stereocenters. The zero-order chi connectivity index (χ0) is 22.3. The number of aromatic hydroxyl groups is 1. The number of pyridine rings is 1. The molecule has 8 nitrogen and oxygen atoms in total. The van der Waals surface area contributed by atoms with Gasteiger partial charge in [0, 0.05) is 41.3 Å². The van der Waals surface area contributed by atoms with Crippen LogP contribution in [-0.4, -0.2) is 43.9 Å². The van der Waals surface area contributed by atoms with Crippen molar-refractivity contribution in [1.29, 1.82) is 0 Å². The Bertz CT molecular complexity index is 1220. The van der Waals surface area contributed by atoms with Gasteiger partial charge >= 0.3 is 6.16 Å². The van der Waals surface area contributed by atoms with E-state index in [-0.39, 0.29) is 0 Å². The largest absolute Gasteiger partial charge is 0.511 e. The van der Waals surface area contributed by atoms with Crippen molar-refractivity contribution in [2.45, 2.75) is 39.7 Å².